The molecule has 3 aromatic rings. The topological polar surface area (TPSA) is 82.5 Å². The van der Waals surface area contributed by atoms with Crippen molar-refractivity contribution in [2.45, 2.75) is 46.1 Å². The summed E-state index contributed by atoms with van der Waals surface area (Å²) in [4.78, 5) is 18.1. The van der Waals surface area contributed by atoms with E-state index in [0.717, 1.165) is 34.7 Å². The van der Waals surface area contributed by atoms with Crippen molar-refractivity contribution in [3.63, 3.8) is 0 Å². The molecular weight excluding hydrogens is 288 g/mol. The molecule has 3 heterocycles. The van der Waals surface area contributed by atoms with Gasteiger partial charge < -0.3 is 10.3 Å². The van der Waals surface area contributed by atoms with Crippen molar-refractivity contribution in [1.29, 1.82) is 0 Å². The number of anilines is 1. The van der Waals surface area contributed by atoms with Gasteiger partial charge in [-0.2, -0.15) is 0 Å². The molecule has 6 heteroatoms. The Labute approximate surface area is 135 Å². The van der Waals surface area contributed by atoms with Gasteiger partial charge in [0.25, 0.3) is 0 Å². The molecule has 0 bridgehead atoms. The predicted octanol–water partition coefficient (Wildman–Crippen LogP) is 3.10. The van der Waals surface area contributed by atoms with Crippen LogP contribution >= 0.6 is 0 Å². The molecule has 2 N–H and O–H groups in total. The van der Waals surface area contributed by atoms with Crippen LogP contribution in [0.4, 0.5) is 5.82 Å². The highest BCUT2D eigenvalue weighted by Gasteiger charge is 2.19. The minimum absolute atomic E-state index is 0.00770. The molecule has 0 radical (unpaired) electrons. The number of imidazole rings is 1. The van der Waals surface area contributed by atoms with Gasteiger partial charge in [-0.15, -0.1) is 0 Å². The van der Waals surface area contributed by atoms with Gasteiger partial charge in [-0.05, 0) is 18.9 Å². The van der Waals surface area contributed by atoms with Crippen molar-refractivity contribution in [1.82, 2.24) is 24.5 Å². The number of aromatic nitrogens is 5. The van der Waals surface area contributed by atoms with E-state index in [1.165, 1.54) is 0 Å². The third-order valence-electron chi connectivity index (χ3n) is 4.10. The molecule has 0 amide bonds. The normalized spacial score (nSPS) is 12.9. The Morgan fingerprint density at radius 1 is 1.17 bits per heavy atom. The molecular formula is C17H22N6. The Balaban J connectivity index is 2.19. The zero-order chi connectivity index (χ0) is 16.6. The number of nitrogens with zero attached hydrogens (tertiary/aromatic N) is 5. The first-order valence-electron chi connectivity index (χ1n) is 7.96. The zero-order valence-electron chi connectivity index (χ0n) is 14.0. The maximum atomic E-state index is 6.03. The third-order valence-corrected chi connectivity index (χ3v) is 4.10. The molecule has 3 rings (SSSR count). The number of fused-ring (bicyclic) bond motifs is 1. The average molecular weight is 310 g/mol. The summed E-state index contributed by atoms with van der Waals surface area (Å²) < 4.78 is 2.05. The van der Waals surface area contributed by atoms with Gasteiger partial charge in [0.15, 0.2) is 5.65 Å². The summed E-state index contributed by atoms with van der Waals surface area (Å²) in [5, 5.41) is 0. The Kier molecular flexibility index (Phi) is 3.98. The molecule has 0 spiro atoms. The lowest BCUT2D eigenvalue weighted by molar-refractivity contribution is 0.649. The number of nitrogen functional groups attached to an aromatic ring is 1. The first kappa shape index (κ1) is 15.4. The van der Waals surface area contributed by atoms with Crippen molar-refractivity contribution in [2.24, 2.45) is 0 Å². The van der Waals surface area contributed by atoms with Gasteiger partial charge in [-0.3, -0.25) is 0 Å². The zero-order valence-corrected chi connectivity index (χ0v) is 14.0. The van der Waals surface area contributed by atoms with E-state index in [-0.39, 0.29) is 6.04 Å². The van der Waals surface area contributed by atoms with E-state index in [4.69, 9.17) is 10.7 Å². The fourth-order valence-corrected chi connectivity index (χ4v) is 2.76. The molecule has 3 aromatic heterocycles. The van der Waals surface area contributed by atoms with Gasteiger partial charge in [-0.25, -0.2) is 19.9 Å². The number of hydrogen-bond acceptors (Lipinski definition) is 5. The lowest BCUT2D eigenvalue weighted by atomic mass is 10.1. The fourth-order valence-electron chi connectivity index (χ4n) is 2.76. The van der Waals surface area contributed by atoms with Gasteiger partial charge in [0.2, 0.25) is 0 Å². The average Bonchev–Trinajstić information content (AvgIpc) is 2.97. The highest BCUT2D eigenvalue weighted by Crippen LogP contribution is 2.28. The van der Waals surface area contributed by atoms with Crippen molar-refractivity contribution < 1.29 is 0 Å². The van der Waals surface area contributed by atoms with Crippen LogP contribution in [0.5, 0.6) is 0 Å². The van der Waals surface area contributed by atoms with Crippen LogP contribution in [0.2, 0.25) is 0 Å². The van der Waals surface area contributed by atoms with Crippen molar-refractivity contribution in [2.75, 3.05) is 5.73 Å². The van der Waals surface area contributed by atoms with Gasteiger partial charge in [0, 0.05) is 18.2 Å². The standard InChI is InChI=1S/C17H22N6/c1-5-13-21-14(10(2)3)15-17(22-13)23(9-20-15)11(4)12-7-6-8-19-16(12)18/h6-11H,5H2,1-4H3,(H2,18,19). The monoisotopic (exact) mass is 310 g/mol. The highest BCUT2D eigenvalue weighted by molar-refractivity contribution is 5.74. The van der Waals surface area contributed by atoms with Crippen LogP contribution in [0, 0.1) is 0 Å². The van der Waals surface area contributed by atoms with Crippen LogP contribution in [0.25, 0.3) is 11.2 Å². The molecule has 0 aromatic carbocycles. The Bertz CT molecular complexity index is 836. The molecule has 0 aliphatic carbocycles. The maximum absolute atomic E-state index is 6.03. The van der Waals surface area contributed by atoms with Crippen LogP contribution in [0.1, 0.15) is 56.7 Å². The first-order chi connectivity index (χ1) is 11.0. The summed E-state index contributed by atoms with van der Waals surface area (Å²) in [5.74, 6) is 1.68. The van der Waals surface area contributed by atoms with E-state index in [2.05, 4.69) is 47.2 Å². The van der Waals surface area contributed by atoms with Crippen LogP contribution in [-0.2, 0) is 6.42 Å². The largest absolute Gasteiger partial charge is 0.383 e. The van der Waals surface area contributed by atoms with E-state index in [1.807, 2.05) is 18.5 Å². The molecule has 23 heavy (non-hydrogen) atoms. The van der Waals surface area contributed by atoms with E-state index >= 15 is 0 Å². The number of aryl methyl sites for hydroxylation is 1. The van der Waals surface area contributed by atoms with Gasteiger partial charge in [0.1, 0.15) is 17.2 Å². The van der Waals surface area contributed by atoms with Crippen LogP contribution in [0.3, 0.4) is 0 Å². The van der Waals surface area contributed by atoms with Crippen LogP contribution in [0.15, 0.2) is 24.7 Å². The van der Waals surface area contributed by atoms with Gasteiger partial charge in [-0.1, -0.05) is 26.8 Å². The molecule has 0 saturated heterocycles. The smallest absolute Gasteiger partial charge is 0.164 e. The van der Waals surface area contributed by atoms with Gasteiger partial charge >= 0.3 is 0 Å². The molecule has 1 unspecified atom stereocenters. The highest BCUT2D eigenvalue weighted by atomic mass is 15.1. The van der Waals surface area contributed by atoms with Gasteiger partial charge in [0.05, 0.1) is 18.1 Å². The second-order valence-electron chi connectivity index (χ2n) is 6.01. The van der Waals surface area contributed by atoms with Crippen molar-refractivity contribution >= 4 is 17.0 Å². The number of rotatable bonds is 4. The van der Waals surface area contributed by atoms with E-state index in [1.54, 1.807) is 6.20 Å². The Morgan fingerprint density at radius 3 is 2.61 bits per heavy atom. The summed E-state index contributed by atoms with van der Waals surface area (Å²) in [5.41, 5.74) is 9.72. The van der Waals surface area contributed by atoms with E-state index in [9.17, 15) is 0 Å². The Morgan fingerprint density at radius 2 is 1.96 bits per heavy atom. The summed E-state index contributed by atoms with van der Waals surface area (Å²) in [6, 6.07) is 3.89. The summed E-state index contributed by atoms with van der Waals surface area (Å²) in [7, 11) is 0. The molecule has 0 fully saturated rings. The fraction of sp³-hybridized carbons (Fsp3) is 0.412. The lowest BCUT2D eigenvalue weighted by Gasteiger charge is -2.16. The maximum Gasteiger partial charge on any atom is 0.164 e. The summed E-state index contributed by atoms with van der Waals surface area (Å²) >= 11 is 0. The third kappa shape index (κ3) is 2.65. The molecule has 6 nitrogen and oxygen atoms in total. The van der Waals surface area contributed by atoms with E-state index < -0.39 is 0 Å². The molecule has 0 saturated carbocycles. The second-order valence-corrected chi connectivity index (χ2v) is 6.01. The van der Waals surface area contributed by atoms with Crippen molar-refractivity contribution in [3.05, 3.63) is 41.7 Å². The SMILES string of the molecule is CCc1nc(C(C)C)c2ncn(C(C)c3cccnc3N)c2n1. The lowest BCUT2D eigenvalue weighted by Crippen LogP contribution is -2.11. The van der Waals surface area contributed by atoms with Crippen LogP contribution in [-0.4, -0.2) is 24.5 Å². The molecule has 120 valence electrons. The van der Waals surface area contributed by atoms with Crippen LogP contribution < -0.4 is 5.73 Å². The Hall–Kier alpha value is -2.50. The second kappa shape index (κ2) is 5.95. The number of pyridine rings is 1. The van der Waals surface area contributed by atoms with Crippen molar-refractivity contribution in [3.8, 4) is 0 Å². The summed E-state index contributed by atoms with van der Waals surface area (Å²) in [6.07, 6.45) is 4.32. The summed E-state index contributed by atoms with van der Waals surface area (Å²) in [6.45, 7) is 8.40. The van der Waals surface area contributed by atoms with E-state index in [0.29, 0.717) is 11.7 Å². The predicted molar refractivity (Wildman–Crippen MR) is 91.3 cm³/mol. The minimum atomic E-state index is 0.00770. The molecule has 0 aliphatic rings. The number of nitrogens with two attached hydrogens (primary N) is 1. The molecule has 1 atom stereocenters. The molecule has 0 aliphatic heterocycles. The minimum Gasteiger partial charge on any atom is -0.383 e. The number of hydrogen-bond donors (Lipinski definition) is 1. The quantitative estimate of drug-likeness (QED) is 0.800. The first-order valence-corrected chi connectivity index (χ1v) is 7.96.